The molecule has 1 heterocycles. The van der Waals surface area contributed by atoms with Gasteiger partial charge in [0.2, 0.25) is 0 Å². The number of ether oxygens (including phenoxy) is 1. The van der Waals surface area contributed by atoms with Crippen LogP contribution in [0.2, 0.25) is 0 Å². The Bertz CT molecular complexity index is 349. The molecule has 4 heteroatoms. The summed E-state index contributed by atoms with van der Waals surface area (Å²) in [6.45, 7) is 4.29. The molecule has 1 aromatic rings. The average Bonchev–Trinajstić information content (AvgIpc) is 2.51. The molecule has 0 unspecified atom stereocenters. The van der Waals surface area contributed by atoms with Crippen molar-refractivity contribution in [3.63, 3.8) is 0 Å². The third-order valence-corrected chi connectivity index (χ3v) is 2.82. The van der Waals surface area contributed by atoms with Crippen LogP contribution in [-0.4, -0.2) is 31.2 Å². The fourth-order valence-corrected chi connectivity index (χ4v) is 1.91. The summed E-state index contributed by atoms with van der Waals surface area (Å²) in [5.74, 6) is -0.277. The minimum Gasteiger partial charge on any atom is -0.398 e. The predicted octanol–water partition coefficient (Wildman–Crippen LogP) is 1.63. The van der Waals surface area contributed by atoms with Gasteiger partial charge in [-0.2, -0.15) is 0 Å². The molecule has 0 amide bonds. The zero-order valence-electron chi connectivity index (χ0n) is 9.29. The summed E-state index contributed by atoms with van der Waals surface area (Å²) in [5, 5.41) is 0. The van der Waals surface area contributed by atoms with E-state index < -0.39 is 0 Å². The van der Waals surface area contributed by atoms with Gasteiger partial charge in [0.05, 0.1) is 6.61 Å². The summed E-state index contributed by atoms with van der Waals surface area (Å²) in [5.41, 5.74) is 7.30. The van der Waals surface area contributed by atoms with Crippen LogP contribution in [-0.2, 0) is 11.3 Å². The van der Waals surface area contributed by atoms with Gasteiger partial charge in [0.1, 0.15) is 5.82 Å². The van der Waals surface area contributed by atoms with Crippen LogP contribution in [0.15, 0.2) is 18.2 Å². The molecule has 0 bridgehead atoms. The molecule has 0 aromatic heterocycles. The molecule has 2 rings (SSSR count). The van der Waals surface area contributed by atoms with Gasteiger partial charge in [0.25, 0.3) is 0 Å². The zero-order valence-corrected chi connectivity index (χ0v) is 9.29. The smallest absolute Gasteiger partial charge is 0.125 e. The number of anilines is 1. The average molecular weight is 224 g/mol. The van der Waals surface area contributed by atoms with Gasteiger partial charge in [-0.1, -0.05) is 6.07 Å². The number of halogens is 1. The molecule has 3 nitrogen and oxygen atoms in total. The molecule has 2 N–H and O–H groups in total. The lowest BCUT2D eigenvalue weighted by atomic mass is 10.1. The molecule has 16 heavy (non-hydrogen) atoms. The van der Waals surface area contributed by atoms with Crippen molar-refractivity contribution in [3.8, 4) is 0 Å². The summed E-state index contributed by atoms with van der Waals surface area (Å²) < 4.78 is 18.3. The Morgan fingerprint density at radius 2 is 2.19 bits per heavy atom. The van der Waals surface area contributed by atoms with Gasteiger partial charge in [-0.05, 0) is 24.1 Å². The Morgan fingerprint density at radius 3 is 3.00 bits per heavy atom. The molecule has 88 valence electrons. The van der Waals surface area contributed by atoms with Crippen molar-refractivity contribution in [3.05, 3.63) is 29.6 Å². The van der Waals surface area contributed by atoms with Gasteiger partial charge in [-0.25, -0.2) is 4.39 Å². The molecule has 0 radical (unpaired) electrons. The van der Waals surface area contributed by atoms with E-state index in [4.69, 9.17) is 10.5 Å². The largest absolute Gasteiger partial charge is 0.398 e. The number of hydrogen-bond acceptors (Lipinski definition) is 3. The van der Waals surface area contributed by atoms with Gasteiger partial charge in [-0.3, -0.25) is 4.90 Å². The number of hydrogen-bond donors (Lipinski definition) is 1. The number of rotatable bonds is 2. The van der Waals surface area contributed by atoms with E-state index in [1.54, 1.807) is 6.07 Å². The van der Waals surface area contributed by atoms with E-state index in [0.29, 0.717) is 5.69 Å². The van der Waals surface area contributed by atoms with Crippen molar-refractivity contribution in [1.29, 1.82) is 0 Å². The van der Waals surface area contributed by atoms with E-state index in [1.807, 2.05) is 0 Å². The molecule has 0 spiro atoms. The van der Waals surface area contributed by atoms with E-state index in [1.165, 1.54) is 12.1 Å². The van der Waals surface area contributed by atoms with Gasteiger partial charge >= 0.3 is 0 Å². The summed E-state index contributed by atoms with van der Waals surface area (Å²) in [6, 6.07) is 4.60. The number of nitrogens with zero attached hydrogens (tertiary/aromatic N) is 1. The molecule has 1 fully saturated rings. The first-order valence-corrected chi connectivity index (χ1v) is 5.60. The maximum Gasteiger partial charge on any atom is 0.125 e. The fraction of sp³-hybridized carbons (Fsp3) is 0.500. The highest BCUT2D eigenvalue weighted by Gasteiger charge is 2.11. The second-order valence-corrected chi connectivity index (χ2v) is 4.09. The first-order valence-electron chi connectivity index (χ1n) is 5.60. The summed E-state index contributed by atoms with van der Waals surface area (Å²) in [6.07, 6.45) is 1.04. The monoisotopic (exact) mass is 224 g/mol. The van der Waals surface area contributed by atoms with Crippen LogP contribution in [0.3, 0.4) is 0 Å². The van der Waals surface area contributed by atoms with Gasteiger partial charge in [0.15, 0.2) is 0 Å². The molecule has 0 aliphatic carbocycles. The van der Waals surface area contributed by atoms with Crippen molar-refractivity contribution in [2.45, 2.75) is 13.0 Å². The van der Waals surface area contributed by atoms with Crippen molar-refractivity contribution in [2.24, 2.45) is 0 Å². The lowest BCUT2D eigenvalue weighted by molar-refractivity contribution is 0.140. The second kappa shape index (κ2) is 5.27. The topological polar surface area (TPSA) is 38.5 Å². The van der Waals surface area contributed by atoms with Crippen LogP contribution in [0, 0.1) is 5.82 Å². The Labute approximate surface area is 95.0 Å². The van der Waals surface area contributed by atoms with Crippen molar-refractivity contribution in [1.82, 2.24) is 4.90 Å². The van der Waals surface area contributed by atoms with E-state index in [2.05, 4.69) is 4.90 Å². The van der Waals surface area contributed by atoms with Crippen LogP contribution >= 0.6 is 0 Å². The molecule has 1 aromatic carbocycles. The zero-order chi connectivity index (χ0) is 11.4. The van der Waals surface area contributed by atoms with Gasteiger partial charge in [-0.15, -0.1) is 0 Å². The van der Waals surface area contributed by atoms with Gasteiger partial charge < -0.3 is 10.5 Å². The van der Waals surface area contributed by atoms with Crippen LogP contribution in [0.5, 0.6) is 0 Å². The molecule has 1 aliphatic rings. The van der Waals surface area contributed by atoms with Crippen LogP contribution in [0.1, 0.15) is 12.0 Å². The first-order chi connectivity index (χ1) is 7.75. The number of nitrogen functional groups attached to an aromatic ring is 1. The molecule has 1 saturated heterocycles. The van der Waals surface area contributed by atoms with Crippen LogP contribution < -0.4 is 5.73 Å². The van der Waals surface area contributed by atoms with E-state index >= 15 is 0 Å². The molecular formula is C12H17FN2O. The summed E-state index contributed by atoms with van der Waals surface area (Å²) in [4.78, 5) is 2.29. The van der Waals surface area contributed by atoms with Crippen LogP contribution in [0.25, 0.3) is 0 Å². The van der Waals surface area contributed by atoms with Crippen molar-refractivity contribution in [2.75, 3.05) is 32.0 Å². The lowest BCUT2D eigenvalue weighted by Gasteiger charge is -2.19. The molecular weight excluding hydrogens is 207 g/mol. The third kappa shape index (κ3) is 2.93. The maximum absolute atomic E-state index is 12.9. The fourth-order valence-electron chi connectivity index (χ4n) is 1.91. The highest BCUT2D eigenvalue weighted by Crippen LogP contribution is 2.16. The Balaban J connectivity index is 2.01. The van der Waals surface area contributed by atoms with Crippen molar-refractivity contribution >= 4 is 5.69 Å². The Hall–Kier alpha value is -1.13. The van der Waals surface area contributed by atoms with Crippen molar-refractivity contribution < 1.29 is 9.13 Å². The Morgan fingerprint density at radius 1 is 1.31 bits per heavy atom. The normalized spacial score (nSPS) is 18.3. The summed E-state index contributed by atoms with van der Waals surface area (Å²) in [7, 11) is 0. The van der Waals surface area contributed by atoms with E-state index in [9.17, 15) is 4.39 Å². The highest BCUT2D eigenvalue weighted by atomic mass is 19.1. The Kier molecular flexibility index (Phi) is 3.74. The van der Waals surface area contributed by atoms with Crippen LogP contribution in [0.4, 0.5) is 10.1 Å². The second-order valence-electron chi connectivity index (χ2n) is 4.09. The highest BCUT2D eigenvalue weighted by molar-refractivity contribution is 5.46. The standard InChI is InChI=1S/C12H17FN2O/c13-11-3-2-10(12(14)8-11)9-15-4-1-6-16-7-5-15/h2-3,8H,1,4-7,9,14H2. The quantitative estimate of drug-likeness (QED) is 0.776. The minimum absolute atomic E-state index is 0.277. The van der Waals surface area contributed by atoms with Gasteiger partial charge in [0, 0.05) is 31.9 Å². The maximum atomic E-state index is 12.9. The third-order valence-electron chi connectivity index (χ3n) is 2.82. The number of nitrogens with two attached hydrogens (primary N) is 1. The molecule has 0 atom stereocenters. The summed E-state index contributed by atoms with van der Waals surface area (Å²) >= 11 is 0. The minimum atomic E-state index is -0.277. The SMILES string of the molecule is Nc1cc(F)ccc1CN1CCCOCC1. The first kappa shape index (κ1) is 11.4. The molecule has 1 aliphatic heterocycles. The van der Waals surface area contributed by atoms with E-state index in [-0.39, 0.29) is 5.82 Å². The van der Waals surface area contributed by atoms with E-state index in [0.717, 1.165) is 44.8 Å². The lowest BCUT2D eigenvalue weighted by Crippen LogP contribution is -2.26. The predicted molar refractivity (Wildman–Crippen MR) is 61.5 cm³/mol. The molecule has 0 saturated carbocycles. The number of benzene rings is 1.